The molecular weight excluding hydrogens is 228 g/mol. The zero-order valence-electron chi connectivity index (χ0n) is 10.7. The van der Waals surface area contributed by atoms with Gasteiger partial charge in [-0.15, -0.1) is 0 Å². The van der Waals surface area contributed by atoms with Crippen molar-refractivity contribution in [3.8, 4) is 6.07 Å². The number of nitrogens with zero attached hydrogens (tertiary/aromatic N) is 2. The van der Waals surface area contributed by atoms with E-state index in [2.05, 4.69) is 11.4 Å². The molecule has 0 aliphatic rings. The third-order valence-electron chi connectivity index (χ3n) is 2.80. The summed E-state index contributed by atoms with van der Waals surface area (Å²) >= 11 is 0. The second kappa shape index (κ2) is 6.62. The van der Waals surface area contributed by atoms with Crippen molar-refractivity contribution in [3.05, 3.63) is 24.3 Å². The minimum Gasteiger partial charge on any atom is -0.399 e. The van der Waals surface area contributed by atoms with Crippen molar-refractivity contribution in [1.29, 1.82) is 5.26 Å². The highest BCUT2D eigenvalue weighted by molar-refractivity contribution is 5.94. The molecule has 0 heterocycles. The maximum atomic E-state index is 11.9. The molecule has 0 saturated carbocycles. The minimum absolute atomic E-state index is 0.0970. The number of rotatable bonds is 5. The summed E-state index contributed by atoms with van der Waals surface area (Å²) in [5, 5.41) is 11.3. The van der Waals surface area contributed by atoms with Gasteiger partial charge in [0.05, 0.1) is 12.1 Å². The number of likely N-dealkylation sites (N-methyl/N-ethyl adjacent to an activating group) is 1. The number of nitrogens with one attached hydrogen (secondary N) is 1. The quantitative estimate of drug-likeness (QED) is 0.770. The van der Waals surface area contributed by atoms with Crippen LogP contribution in [-0.2, 0) is 4.79 Å². The lowest BCUT2D eigenvalue weighted by Gasteiger charge is -2.22. The highest BCUT2D eigenvalue weighted by Crippen LogP contribution is 2.11. The van der Waals surface area contributed by atoms with Crippen LogP contribution in [-0.4, -0.2) is 30.4 Å². The molecule has 5 nitrogen and oxygen atoms in total. The molecule has 0 radical (unpaired) electrons. The van der Waals surface area contributed by atoms with E-state index in [1.54, 1.807) is 24.3 Å². The van der Waals surface area contributed by atoms with E-state index in [9.17, 15) is 4.79 Å². The van der Waals surface area contributed by atoms with Crippen LogP contribution in [0.4, 0.5) is 11.4 Å². The summed E-state index contributed by atoms with van der Waals surface area (Å²) in [6, 6.07) is 8.77. The molecule has 0 bridgehead atoms. The Morgan fingerprint density at radius 2 is 2.11 bits per heavy atom. The smallest absolute Gasteiger partial charge is 0.241 e. The van der Waals surface area contributed by atoms with Gasteiger partial charge in [-0.05, 0) is 38.2 Å². The van der Waals surface area contributed by atoms with E-state index >= 15 is 0 Å². The van der Waals surface area contributed by atoms with Crippen molar-refractivity contribution < 1.29 is 4.79 Å². The molecule has 0 spiro atoms. The number of nitriles is 1. The van der Waals surface area contributed by atoms with Crippen LogP contribution in [0, 0.1) is 11.3 Å². The zero-order chi connectivity index (χ0) is 13.5. The van der Waals surface area contributed by atoms with Crippen LogP contribution in [0.5, 0.6) is 0 Å². The topological polar surface area (TPSA) is 82.2 Å². The molecule has 0 aliphatic carbocycles. The molecule has 3 N–H and O–H groups in total. The summed E-state index contributed by atoms with van der Waals surface area (Å²) in [6.45, 7) is 2.39. The van der Waals surface area contributed by atoms with Gasteiger partial charge in [-0.25, -0.2) is 0 Å². The third-order valence-corrected chi connectivity index (χ3v) is 2.80. The van der Waals surface area contributed by atoms with Gasteiger partial charge in [0, 0.05) is 24.3 Å². The molecule has 1 atom stereocenters. The maximum absolute atomic E-state index is 11.9. The van der Waals surface area contributed by atoms with Crippen molar-refractivity contribution >= 4 is 17.3 Å². The Morgan fingerprint density at radius 3 is 2.67 bits per heavy atom. The highest BCUT2D eigenvalue weighted by atomic mass is 16.2. The number of nitrogen functional groups attached to an aromatic ring is 1. The van der Waals surface area contributed by atoms with Crippen LogP contribution < -0.4 is 11.1 Å². The van der Waals surface area contributed by atoms with E-state index in [4.69, 9.17) is 11.0 Å². The van der Waals surface area contributed by atoms with Gasteiger partial charge in [0.2, 0.25) is 5.91 Å². The second-order valence-electron chi connectivity index (χ2n) is 4.18. The fourth-order valence-corrected chi connectivity index (χ4v) is 1.43. The summed E-state index contributed by atoms with van der Waals surface area (Å²) in [4.78, 5) is 13.8. The molecule has 1 rings (SSSR count). The normalized spacial score (nSPS) is 11.9. The van der Waals surface area contributed by atoms with Gasteiger partial charge in [0.1, 0.15) is 0 Å². The molecule has 1 aromatic rings. The molecule has 5 heteroatoms. The first kappa shape index (κ1) is 14.0. The van der Waals surface area contributed by atoms with Gasteiger partial charge < -0.3 is 11.1 Å². The molecular formula is C13H18N4O. The van der Waals surface area contributed by atoms with Gasteiger partial charge in [0.25, 0.3) is 0 Å². The lowest BCUT2D eigenvalue weighted by molar-refractivity contribution is -0.120. The van der Waals surface area contributed by atoms with Gasteiger partial charge in [0.15, 0.2) is 0 Å². The molecule has 0 aliphatic heterocycles. The molecule has 18 heavy (non-hydrogen) atoms. The molecule has 96 valence electrons. The zero-order valence-corrected chi connectivity index (χ0v) is 10.7. The van der Waals surface area contributed by atoms with Crippen LogP contribution in [0.15, 0.2) is 24.3 Å². The van der Waals surface area contributed by atoms with Crippen LogP contribution in [0.2, 0.25) is 0 Å². The predicted molar refractivity (Wildman–Crippen MR) is 71.8 cm³/mol. The average molecular weight is 246 g/mol. The van der Waals surface area contributed by atoms with Crippen molar-refractivity contribution in [2.24, 2.45) is 0 Å². The molecule has 1 unspecified atom stereocenters. The largest absolute Gasteiger partial charge is 0.399 e. The standard InChI is InChI=1S/C13H18N4O/c1-10(17(2)9-3-8-14)13(18)16-12-6-4-11(15)5-7-12/h4-7,10H,3,9,15H2,1-2H3,(H,16,18). The Labute approximate surface area is 107 Å². The van der Waals surface area contributed by atoms with Crippen molar-refractivity contribution in [2.45, 2.75) is 19.4 Å². The molecule has 0 aromatic heterocycles. The summed E-state index contributed by atoms with van der Waals surface area (Å²) in [7, 11) is 1.82. The summed E-state index contributed by atoms with van der Waals surface area (Å²) in [5.74, 6) is -0.0970. The van der Waals surface area contributed by atoms with Gasteiger partial charge in [-0.3, -0.25) is 9.69 Å². The first-order chi connectivity index (χ1) is 8.54. The first-order valence-corrected chi connectivity index (χ1v) is 5.78. The Balaban J connectivity index is 2.54. The van der Waals surface area contributed by atoms with Crippen molar-refractivity contribution in [1.82, 2.24) is 4.90 Å². The Morgan fingerprint density at radius 1 is 1.50 bits per heavy atom. The number of amides is 1. The van der Waals surface area contributed by atoms with Crippen LogP contribution in [0.25, 0.3) is 0 Å². The van der Waals surface area contributed by atoms with E-state index < -0.39 is 0 Å². The maximum Gasteiger partial charge on any atom is 0.241 e. The van der Waals surface area contributed by atoms with E-state index in [0.717, 1.165) is 5.69 Å². The van der Waals surface area contributed by atoms with Gasteiger partial charge in [-0.1, -0.05) is 0 Å². The van der Waals surface area contributed by atoms with Crippen LogP contribution in [0.3, 0.4) is 0 Å². The van der Waals surface area contributed by atoms with E-state index in [1.165, 1.54) is 0 Å². The molecule has 1 amide bonds. The molecule has 1 aromatic carbocycles. The first-order valence-electron chi connectivity index (χ1n) is 5.78. The van der Waals surface area contributed by atoms with Gasteiger partial charge >= 0.3 is 0 Å². The van der Waals surface area contributed by atoms with E-state index in [0.29, 0.717) is 18.7 Å². The lowest BCUT2D eigenvalue weighted by Crippen LogP contribution is -2.40. The van der Waals surface area contributed by atoms with E-state index in [1.807, 2.05) is 18.9 Å². The molecule has 0 saturated heterocycles. The summed E-state index contributed by atoms with van der Waals surface area (Å²) in [5.41, 5.74) is 6.95. The van der Waals surface area contributed by atoms with Crippen LogP contribution in [0.1, 0.15) is 13.3 Å². The van der Waals surface area contributed by atoms with E-state index in [-0.39, 0.29) is 11.9 Å². The number of carbonyl (C=O) groups is 1. The minimum atomic E-state index is -0.282. The number of hydrogen-bond donors (Lipinski definition) is 2. The number of anilines is 2. The number of carbonyl (C=O) groups excluding carboxylic acids is 1. The fraction of sp³-hybridized carbons (Fsp3) is 0.385. The number of hydrogen-bond acceptors (Lipinski definition) is 4. The number of nitrogens with two attached hydrogens (primary N) is 1. The molecule has 0 fully saturated rings. The second-order valence-corrected chi connectivity index (χ2v) is 4.18. The monoisotopic (exact) mass is 246 g/mol. The summed E-state index contributed by atoms with van der Waals surface area (Å²) < 4.78 is 0. The Bertz CT molecular complexity index is 435. The SMILES string of the molecule is CC(C(=O)Nc1ccc(N)cc1)N(C)CCC#N. The third kappa shape index (κ3) is 4.07. The fourth-order valence-electron chi connectivity index (χ4n) is 1.43. The Kier molecular flexibility index (Phi) is 5.15. The summed E-state index contributed by atoms with van der Waals surface area (Å²) in [6.07, 6.45) is 0.413. The number of benzene rings is 1. The average Bonchev–Trinajstić information content (AvgIpc) is 2.37. The van der Waals surface area contributed by atoms with Crippen LogP contribution >= 0.6 is 0 Å². The lowest BCUT2D eigenvalue weighted by atomic mass is 10.2. The predicted octanol–water partition coefficient (Wildman–Crippen LogP) is 1.44. The van der Waals surface area contributed by atoms with Gasteiger partial charge in [-0.2, -0.15) is 5.26 Å². The van der Waals surface area contributed by atoms with Crippen molar-refractivity contribution in [3.63, 3.8) is 0 Å². The highest BCUT2D eigenvalue weighted by Gasteiger charge is 2.17. The van der Waals surface area contributed by atoms with Crippen molar-refractivity contribution in [2.75, 3.05) is 24.6 Å². The Hall–Kier alpha value is -2.06.